The Morgan fingerprint density at radius 3 is 2.64 bits per heavy atom. The van der Waals surface area contributed by atoms with Crippen molar-refractivity contribution < 1.29 is 9.59 Å². The van der Waals surface area contributed by atoms with Crippen molar-refractivity contribution in [1.29, 1.82) is 0 Å². The highest BCUT2D eigenvalue weighted by atomic mass is 32.2. The molecule has 2 aromatic carbocycles. The summed E-state index contributed by atoms with van der Waals surface area (Å²) in [5.41, 5.74) is 3.89. The molecule has 1 N–H and O–H groups in total. The van der Waals surface area contributed by atoms with Crippen LogP contribution in [-0.4, -0.2) is 17.6 Å². The SMILES string of the molecule is CCCCC(=O)Nc1ccccc1[C@@H]1SCC(=O)N1c1ccccc1C(C)C. The van der Waals surface area contributed by atoms with E-state index >= 15 is 0 Å². The van der Waals surface area contributed by atoms with Crippen LogP contribution in [0.3, 0.4) is 0 Å². The average Bonchev–Trinajstić information content (AvgIpc) is 3.07. The van der Waals surface area contributed by atoms with Gasteiger partial charge in [0.15, 0.2) is 0 Å². The number of benzene rings is 2. The van der Waals surface area contributed by atoms with Gasteiger partial charge in [0.05, 0.1) is 5.75 Å². The lowest BCUT2D eigenvalue weighted by Gasteiger charge is -2.29. The van der Waals surface area contributed by atoms with E-state index in [1.54, 1.807) is 11.8 Å². The van der Waals surface area contributed by atoms with E-state index in [1.165, 1.54) is 0 Å². The lowest BCUT2D eigenvalue weighted by atomic mass is 10.00. The van der Waals surface area contributed by atoms with E-state index in [0.717, 1.165) is 35.3 Å². The summed E-state index contributed by atoms with van der Waals surface area (Å²) in [5.74, 6) is 0.891. The van der Waals surface area contributed by atoms with E-state index in [1.807, 2.05) is 47.4 Å². The summed E-state index contributed by atoms with van der Waals surface area (Å²) >= 11 is 1.61. The minimum atomic E-state index is -0.143. The summed E-state index contributed by atoms with van der Waals surface area (Å²) in [6, 6.07) is 15.9. The van der Waals surface area contributed by atoms with Crippen LogP contribution in [0.15, 0.2) is 48.5 Å². The number of nitrogens with zero attached hydrogens (tertiary/aromatic N) is 1. The molecule has 148 valence electrons. The number of amides is 2. The fourth-order valence-electron chi connectivity index (χ4n) is 3.49. The van der Waals surface area contributed by atoms with Crippen LogP contribution in [0.5, 0.6) is 0 Å². The lowest BCUT2D eigenvalue weighted by Crippen LogP contribution is -2.29. The minimum absolute atomic E-state index is 0.0257. The molecular formula is C23H28N2O2S. The predicted octanol–water partition coefficient (Wildman–Crippen LogP) is 5.72. The van der Waals surface area contributed by atoms with Gasteiger partial charge < -0.3 is 5.32 Å². The Morgan fingerprint density at radius 2 is 1.89 bits per heavy atom. The Morgan fingerprint density at radius 1 is 1.18 bits per heavy atom. The molecule has 1 aliphatic heterocycles. The summed E-state index contributed by atoms with van der Waals surface area (Å²) in [6.07, 6.45) is 2.38. The largest absolute Gasteiger partial charge is 0.326 e. The number of unbranched alkanes of at least 4 members (excludes halogenated alkanes) is 1. The van der Waals surface area contributed by atoms with Crippen LogP contribution in [0.2, 0.25) is 0 Å². The van der Waals surface area contributed by atoms with E-state index < -0.39 is 0 Å². The van der Waals surface area contributed by atoms with E-state index in [-0.39, 0.29) is 17.2 Å². The Hall–Kier alpha value is -2.27. The van der Waals surface area contributed by atoms with Crippen molar-refractivity contribution >= 4 is 35.0 Å². The number of carbonyl (C=O) groups is 2. The van der Waals surface area contributed by atoms with Crippen LogP contribution in [0.25, 0.3) is 0 Å². The third-order valence-corrected chi connectivity index (χ3v) is 6.14. The summed E-state index contributed by atoms with van der Waals surface area (Å²) in [5, 5.41) is 2.91. The van der Waals surface area contributed by atoms with Gasteiger partial charge in [-0.2, -0.15) is 0 Å². The molecule has 3 rings (SSSR count). The molecule has 1 aliphatic rings. The lowest BCUT2D eigenvalue weighted by molar-refractivity contribution is -0.116. The molecule has 5 heteroatoms. The molecule has 0 radical (unpaired) electrons. The first kappa shape index (κ1) is 20.5. The van der Waals surface area contributed by atoms with Crippen molar-refractivity contribution in [3.8, 4) is 0 Å². The summed E-state index contributed by atoms with van der Waals surface area (Å²) in [6.45, 7) is 6.36. The van der Waals surface area contributed by atoms with Crippen molar-refractivity contribution in [2.45, 2.75) is 51.3 Å². The van der Waals surface area contributed by atoms with Gasteiger partial charge in [-0.3, -0.25) is 14.5 Å². The molecule has 2 amide bonds. The van der Waals surface area contributed by atoms with Crippen molar-refractivity contribution in [3.05, 3.63) is 59.7 Å². The van der Waals surface area contributed by atoms with Crippen molar-refractivity contribution in [2.24, 2.45) is 0 Å². The number of hydrogen-bond acceptors (Lipinski definition) is 3. The fourth-order valence-corrected chi connectivity index (χ4v) is 4.69. The molecule has 0 bridgehead atoms. The number of rotatable bonds is 7. The van der Waals surface area contributed by atoms with E-state index in [2.05, 4.69) is 32.2 Å². The zero-order chi connectivity index (χ0) is 20.1. The van der Waals surface area contributed by atoms with Gasteiger partial charge in [0.25, 0.3) is 0 Å². The molecular weight excluding hydrogens is 368 g/mol. The first-order valence-electron chi connectivity index (χ1n) is 9.94. The van der Waals surface area contributed by atoms with Crippen LogP contribution < -0.4 is 10.2 Å². The second kappa shape index (κ2) is 9.28. The number of carbonyl (C=O) groups excluding carboxylic acids is 2. The van der Waals surface area contributed by atoms with E-state index in [0.29, 0.717) is 18.1 Å². The Kier molecular flexibility index (Phi) is 6.79. The van der Waals surface area contributed by atoms with Gasteiger partial charge in [0.2, 0.25) is 11.8 Å². The molecule has 0 unspecified atom stereocenters. The van der Waals surface area contributed by atoms with Crippen molar-refractivity contribution in [3.63, 3.8) is 0 Å². The number of nitrogens with one attached hydrogen (secondary N) is 1. The van der Waals surface area contributed by atoms with Gasteiger partial charge in [-0.25, -0.2) is 0 Å². The molecule has 1 fully saturated rings. The summed E-state index contributed by atoms with van der Waals surface area (Å²) in [7, 11) is 0. The van der Waals surface area contributed by atoms with Crippen molar-refractivity contribution in [2.75, 3.05) is 16.0 Å². The third kappa shape index (κ3) is 4.41. The molecule has 2 aromatic rings. The number of hydrogen-bond donors (Lipinski definition) is 1. The van der Waals surface area contributed by atoms with Crippen LogP contribution >= 0.6 is 11.8 Å². The zero-order valence-corrected chi connectivity index (χ0v) is 17.6. The molecule has 0 aliphatic carbocycles. The minimum Gasteiger partial charge on any atom is -0.326 e. The molecule has 1 saturated heterocycles. The van der Waals surface area contributed by atoms with Gasteiger partial charge in [-0.15, -0.1) is 11.8 Å². The van der Waals surface area contributed by atoms with Gasteiger partial charge >= 0.3 is 0 Å². The van der Waals surface area contributed by atoms with Crippen LogP contribution in [-0.2, 0) is 9.59 Å². The Labute approximate surface area is 171 Å². The second-order valence-electron chi connectivity index (χ2n) is 7.38. The van der Waals surface area contributed by atoms with Crippen molar-refractivity contribution in [1.82, 2.24) is 0 Å². The first-order valence-corrected chi connectivity index (χ1v) is 11.0. The van der Waals surface area contributed by atoms with Gasteiger partial charge in [-0.1, -0.05) is 63.6 Å². The molecule has 0 aromatic heterocycles. The number of para-hydroxylation sites is 2. The maximum atomic E-state index is 12.8. The molecule has 0 saturated carbocycles. The van der Waals surface area contributed by atoms with Crippen LogP contribution in [0.4, 0.5) is 11.4 Å². The van der Waals surface area contributed by atoms with E-state index in [4.69, 9.17) is 0 Å². The molecule has 4 nitrogen and oxygen atoms in total. The normalized spacial score (nSPS) is 16.6. The quantitative estimate of drug-likeness (QED) is 0.651. The fraction of sp³-hybridized carbons (Fsp3) is 0.391. The summed E-state index contributed by atoms with van der Waals surface area (Å²) < 4.78 is 0. The van der Waals surface area contributed by atoms with Gasteiger partial charge in [-0.05, 0) is 30.0 Å². The second-order valence-corrected chi connectivity index (χ2v) is 8.45. The molecule has 0 spiro atoms. The average molecular weight is 397 g/mol. The smallest absolute Gasteiger partial charge is 0.238 e. The van der Waals surface area contributed by atoms with Crippen LogP contribution in [0, 0.1) is 0 Å². The van der Waals surface area contributed by atoms with Gasteiger partial charge in [0.1, 0.15) is 5.37 Å². The standard InChI is InChI=1S/C23H28N2O2S/c1-4-5-14-21(26)24-19-12-8-6-11-18(19)23-25(22(27)15-28-23)20-13-9-7-10-17(20)16(2)3/h6-13,16,23H,4-5,14-15H2,1-3H3,(H,24,26)/t23-/m0/s1. The zero-order valence-electron chi connectivity index (χ0n) is 16.8. The number of thioether (sulfide) groups is 1. The number of anilines is 2. The molecule has 1 atom stereocenters. The monoisotopic (exact) mass is 396 g/mol. The van der Waals surface area contributed by atoms with E-state index in [9.17, 15) is 9.59 Å². The third-order valence-electron chi connectivity index (χ3n) is 4.94. The predicted molar refractivity (Wildman–Crippen MR) is 118 cm³/mol. The van der Waals surface area contributed by atoms with Gasteiger partial charge in [0, 0.05) is 23.4 Å². The maximum Gasteiger partial charge on any atom is 0.238 e. The highest BCUT2D eigenvalue weighted by Crippen LogP contribution is 2.46. The first-order chi connectivity index (χ1) is 13.5. The summed E-state index contributed by atoms with van der Waals surface area (Å²) in [4.78, 5) is 27.0. The Balaban J connectivity index is 1.95. The molecule has 28 heavy (non-hydrogen) atoms. The highest BCUT2D eigenvalue weighted by molar-refractivity contribution is 8.00. The maximum absolute atomic E-state index is 12.8. The van der Waals surface area contributed by atoms with Crippen LogP contribution in [0.1, 0.15) is 62.5 Å². The molecule has 1 heterocycles. The highest BCUT2D eigenvalue weighted by Gasteiger charge is 2.36. The Bertz CT molecular complexity index is 850. The topological polar surface area (TPSA) is 49.4 Å².